The smallest absolute Gasteiger partial charge is 0.155 e. The van der Waals surface area contributed by atoms with Crippen LogP contribution in [0.15, 0.2) is 11.6 Å². The minimum atomic E-state index is 0.0126. The molecule has 0 aromatic heterocycles. The number of rotatable bonds is 5. The van der Waals surface area contributed by atoms with E-state index in [-0.39, 0.29) is 11.6 Å². The second-order valence-corrected chi connectivity index (χ2v) is 2.76. The third-order valence-corrected chi connectivity index (χ3v) is 1.68. The van der Waals surface area contributed by atoms with Crippen LogP contribution in [-0.4, -0.2) is 11.6 Å². The van der Waals surface area contributed by atoms with Gasteiger partial charge in [0.1, 0.15) is 5.78 Å². The molecule has 0 aromatic rings. The average Bonchev–Trinajstić information content (AvgIpc) is 2.03. The maximum atomic E-state index is 11.0. The minimum absolute atomic E-state index is 0.0126. The predicted octanol–water partition coefficient (Wildman–Crippen LogP) is 2.28. The van der Waals surface area contributed by atoms with Crippen molar-refractivity contribution in [2.45, 2.75) is 40.0 Å². The molecule has 0 rings (SSSR count). The van der Waals surface area contributed by atoms with Gasteiger partial charge in [0.25, 0.3) is 0 Å². The van der Waals surface area contributed by atoms with Crippen molar-refractivity contribution in [3.8, 4) is 0 Å². The number of carbonyl (C=O) groups is 2. The van der Waals surface area contributed by atoms with Crippen molar-refractivity contribution in [2.24, 2.45) is 0 Å². The Kier molecular flexibility index (Phi) is 5.26. The summed E-state index contributed by atoms with van der Waals surface area (Å²) in [7, 11) is 0. The lowest BCUT2D eigenvalue weighted by Gasteiger charge is -2.00. The number of hydrogen-bond donors (Lipinski definition) is 0. The summed E-state index contributed by atoms with van der Waals surface area (Å²) < 4.78 is 0. The molecule has 0 aliphatic rings. The van der Waals surface area contributed by atoms with E-state index < -0.39 is 0 Å². The van der Waals surface area contributed by atoms with E-state index in [1.54, 1.807) is 0 Å². The SMILES string of the molecule is CC/C=C(\CC(=O)CC)C(C)=O. The number of Topliss-reactive ketones (excluding diaryl/α,β-unsaturated/α-hetero) is 2. The van der Waals surface area contributed by atoms with Crippen LogP contribution in [0, 0.1) is 0 Å². The van der Waals surface area contributed by atoms with Crippen molar-refractivity contribution >= 4 is 11.6 Å². The fraction of sp³-hybridized carbons (Fsp3) is 0.600. The van der Waals surface area contributed by atoms with Crippen molar-refractivity contribution < 1.29 is 9.59 Å². The summed E-state index contributed by atoms with van der Waals surface area (Å²) >= 11 is 0. The Morgan fingerprint density at radius 3 is 2.17 bits per heavy atom. The summed E-state index contributed by atoms with van der Waals surface area (Å²) in [4.78, 5) is 22.0. The molecule has 68 valence electrons. The van der Waals surface area contributed by atoms with Crippen LogP contribution >= 0.6 is 0 Å². The number of carbonyl (C=O) groups excluding carboxylic acids is 2. The number of ketones is 2. The van der Waals surface area contributed by atoms with Crippen LogP contribution in [-0.2, 0) is 9.59 Å². The van der Waals surface area contributed by atoms with E-state index in [1.807, 2.05) is 19.9 Å². The Bertz CT molecular complexity index is 202. The molecule has 0 saturated heterocycles. The summed E-state index contributed by atoms with van der Waals surface area (Å²) in [6.07, 6.45) is 3.45. The van der Waals surface area contributed by atoms with Crippen LogP contribution in [0.2, 0.25) is 0 Å². The monoisotopic (exact) mass is 168 g/mol. The number of allylic oxidation sites excluding steroid dienone is 2. The van der Waals surface area contributed by atoms with Crippen LogP contribution in [0.5, 0.6) is 0 Å². The van der Waals surface area contributed by atoms with Gasteiger partial charge >= 0.3 is 0 Å². The van der Waals surface area contributed by atoms with E-state index in [2.05, 4.69) is 0 Å². The summed E-state index contributed by atoms with van der Waals surface area (Å²) in [5.74, 6) is 0.142. The molecular formula is C10H16O2. The van der Waals surface area contributed by atoms with Crippen LogP contribution in [0.25, 0.3) is 0 Å². The van der Waals surface area contributed by atoms with Gasteiger partial charge in [-0.1, -0.05) is 19.9 Å². The maximum Gasteiger partial charge on any atom is 0.155 e. The molecule has 0 atom stereocenters. The van der Waals surface area contributed by atoms with Crippen molar-refractivity contribution in [2.75, 3.05) is 0 Å². The van der Waals surface area contributed by atoms with Crippen LogP contribution < -0.4 is 0 Å². The van der Waals surface area contributed by atoms with Crippen molar-refractivity contribution in [1.29, 1.82) is 0 Å². The van der Waals surface area contributed by atoms with E-state index in [9.17, 15) is 9.59 Å². The lowest BCUT2D eigenvalue weighted by molar-refractivity contribution is -0.120. The lowest BCUT2D eigenvalue weighted by Crippen LogP contribution is -2.04. The molecule has 12 heavy (non-hydrogen) atoms. The Hall–Kier alpha value is -0.920. The molecule has 0 aliphatic heterocycles. The molecule has 0 fully saturated rings. The first-order valence-electron chi connectivity index (χ1n) is 4.33. The fourth-order valence-electron chi connectivity index (χ4n) is 0.924. The topological polar surface area (TPSA) is 34.1 Å². The van der Waals surface area contributed by atoms with Crippen LogP contribution in [0.1, 0.15) is 40.0 Å². The first-order chi connectivity index (χ1) is 5.61. The second kappa shape index (κ2) is 5.70. The van der Waals surface area contributed by atoms with Crippen molar-refractivity contribution in [1.82, 2.24) is 0 Å². The molecule has 0 radical (unpaired) electrons. The zero-order valence-corrected chi connectivity index (χ0v) is 8.02. The highest BCUT2D eigenvalue weighted by molar-refractivity contribution is 5.98. The van der Waals surface area contributed by atoms with Gasteiger partial charge in [-0.15, -0.1) is 0 Å². The lowest BCUT2D eigenvalue weighted by atomic mass is 10.0. The van der Waals surface area contributed by atoms with Gasteiger partial charge in [-0.3, -0.25) is 9.59 Å². The normalized spacial score (nSPS) is 11.4. The molecule has 0 N–H and O–H groups in total. The standard InChI is InChI=1S/C10H16O2/c1-4-6-9(8(3)11)7-10(12)5-2/h6H,4-5,7H2,1-3H3/b9-6+. The summed E-state index contributed by atoms with van der Waals surface area (Å²) in [6.45, 7) is 5.27. The molecule has 0 amide bonds. The minimum Gasteiger partial charge on any atom is -0.299 e. The molecule has 0 unspecified atom stereocenters. The van der Waals surface area contributed by atoms with Gasteiger partial charge in [-0.05, 0) is 18.9 Å². The molecule has 0 saturated carbocycles. The van der Waals surface area contributed by atoms with Gasteiger partial charge in [0.05, 0.1) is 0 Å². The van der Waals surface area contributed by atoms with Crippen LogP contribution in [0.3, 0.4) is 0 Å². The third-order valence-electron chi connectivity index (χ3n) is 1.68. The van der Waals surface area contributed by atoms with Gasteiger partial charge in [0.15, 0.2) is 5.78 Å². The highest BCUT2D eigenvalue weighted by atomic mass is 16.1. The predicted molar refractivity (Wildman–Crippen MR) is 49.0 cm³/mol. The van der Waals surface area contributed by atoms with Gasteiger partial charge in [-0.2, -0.15) is 0 Å². The molecule has 0 bridgehead atoms. The van der Waals surface area contributed by atoms with Crippen LogP contribution in [0.4, 0.5) is 0 Å². The molecule has 0 aromatic carbocycles. The van der Waals surface area contributed by atoms with Gasteiger partial charge in [0, 0.05) is 12.8 Å². The Morgan fingerprint density at radius 1 is 1.25 bits per heavy atom. The molecule has 2 nitrogen and oxygen atoms in total. The first-order valence-corrected chi connectivity index (χ1v) is 4.33. The zero-order chi connectivity index (χ0) is 9.56. The van der Waals surface area contributed by atoms with E-state index in [1.165, 1.54) is 6.92 Å². The quantitative estimate of drug-likeness (QED) is 0.590. The van der Waals surface area contributed by atoms with Crippen molar-refractivity contribution in [3.05, 3.63) is 11.6 Å². The summed E-state index contributed by atoms with van der Waals surface area (Å²) in [5, 5.41) is 0. The van der Waals surface area contributed by atoms with Crippen molar-refractivity contribution in [3.63, 3.8) is 0 Å². The molecule has 0 heterocycles. The fourth-order valence-corrected chi connectivity index (χ4v) is 0.924. The van der Waals surface area contributed by atoms with E-state index in [0.29, 0.717) is 18.4 Å². The maximum absolute atomic E-state index is 11.0. The molecule has 0 aliphatic carbocycles. The summed E-state index contributed by atoms with van der Waals surface area (Å²) in [6, 6.07) is 0. The average molecular weight is 168 g/mol. The van der Waals surface area contributed by atoms with Gasteiger partial charge < -0.3 is 0 Å². The van der Waals surface area contributed by atoms with E-state index in [4.69, 9.17) is 0 Å². The molecule has 2 heteroatoms. The second-order valence-electron chi connectivity index (χ2n) is 2.76. The molecule has 0 spiro atoms. The number of hydrogen-bond acceptors (Lipinski definition) is 2. The largest absolute Gasteiger partial charge is 0.299 e. The summed E-state index contributed by atoms with van der Waals surface area (Å²) in [5.41, 5.74) is 0.657. The third kappa shape index (κ3) is 4.06. The van der Waals surface area contributed by atoms with E-state index in [0.717, 1.165) is 6.42 Å². The Morgan fingerprint density at radius 2 is 1.83 bits per heavy atom. The zero-order valence-electron chi connectivity index (χ0n) is 8.02. The Labute approximate surface area is 73.7 Å². The Balaban J connectivity index is 4.24. The molecular weight excluding hydrogens is 152 g/mol. The van der Waals surface area contributed by atoms with E-state index >= 15 is 0 Å². The van der Waals surface area contributed by atoms with Gasteiger partial charge in [0.2, 0.25) is 0 Å². The first kappa shape index (κ1) is 11.1. The highest BCUT2D eigenvalue weighted by Crippen LogP contribution is 2.06. The highest BCUT2D eigenvalue weighted by Gasteiger charge is 2.07. The van der Waals surface area contributed by atoms with Gasteiger partial charge in [-0.25, -0.2) is 0 Å².